The molecule has 9 nitrogen and oxygen atoms in total. The summed E-state index contributed by atoms with van der Waals surface area (Å²) in [6, 6.07) is 0.263. The molecule has 0 fully saturated rings. The van der Waals surface area contributed by atoms with Gasteiger partial charge in [-0.2, -0.15) is 5.10 Å². The van der Waals surface area contributed by atoms with Gasteiger partial charge in [0.05, 0.1) is 35.8 Å². The van der Waals surface area contributed by atoms with Gasteiger partial charge in [0.2, 0.25) is 0 Å². The average Bonchev–Trinajstić information content (AvgIpc) is 2.98. The molecule has 0 saturated heterocycles. The van der Waals surface area contributed by atoms with Crippen LogP contribution in [0.1, 0.15) is 19.5 Å². The van der Waals surface area contributed by atoms with Crippen LogP contribution in [-0.2, 0) is 7.05 Å². The zero-order valence-corrected chi connectivity index (χ0v) is 17.4. The first-order valence-electron chi connectivity index (χ1n) is 8.80. The SMILES string of the molecule is CC(C)NC1N=C(C=NNC(N)=S)C=C(c2cncn2C)N1CCN(C)C. The molecule has 1 aromatic heterocycles. The third kappa shape index (κ3) is 6.12. The van der Waals surface area contributed by atoms with Crippen molar-refractivity contribution in [2.45, 2.75) is 26.2 Å². The van der Waals surface area contributed by atoms with E-state index < -0.39 is 0 Å². The number of thiocarbonyl (C=S) groups is 1. The van der Waals surface area contributed by atoms with Crippen LogP contribution in [-0.4, -0.2) is 75.9 Å². The summed E-state index contributed by atoms with van der Waals surface area (Å²) in [5.74, 6) is 0. The van der Waals surface area contributed by atoms with Crippen LogP contribution in [0, 0.1) is 0 Å². The van der Waals surface area contributed by atoms with Crippen molar-refractivity contribution in [3.05, 3.63) is 24.3 Å². The minimum atomic E-state index is -0.217. The predicted molar refractivity (Wildman–Crippen MR) is 114 cm³/mol. The van der Waals surface area contributed by atoms with Gasteiger partial charge >= 0.3 is 0 Å². The van der Waals surface area contributed by atoms with Gasteiger partial charge in [-0.05, 0) is 46.2 Å². The number of nitrogens with zero attached hydrogens (tertiary/aromatic N) is 6. The Balaban J connectivity index is 2.41. The Kier molecular flexibility index (Phi) is 7.45. The van der Waals surface area contributed by atoms with Crippen LogP contribution in [0.25, 0.3) is 5.70 Å². The van der Waals surface area contributed by atoms with Crippen molar-refractivity contribution in [2.75, 3.05) is 27.2 Å². The lowest BCUT2D eigenvalue weighted by Crippen LogP contribution is -2.50. The van der Waals surface area contributed by atoms with Gasteiger partial charge in [0.1, 0.15) is 0 Å². The lowest BCUT2D eigenvalue weighted by Gasteiger charge is -2.37. The first kappa shape index (κ1) is 21.0. The molecule has 0 saturated carbocycles. The van der Waals surface area contributed by atoms with Crippen molar-refractivity contribution in [1.82, 2.24) is 30.1 Å². The van der Waals surface area contributed by atoms with Gasteiger partial charge in [0, 0.05) is 26.2 Å². The van der Waals surface area contributed by atoms with Crippen molar-refractivity contribution in [2.24, 2.45) is 22.9 Å². The van der Waals surface area contributed by atoms with Gasteiger partial charge in [-0.1, -0.05) is 0 Å². The number of likely N-dealkylation sites (N-methyl/N-ethyl adjacent to an activating group) is 1. The molecule has 2 heterocycles. The number of hydrogen-bond donors (Lipinski definition) is 3. The molecule has 1 atom stereocenters. The van der Waals surface area contributed by atoms with Crippen LogP contribution in [0.3, 0.4) is 0 Å². The fourth-order valence-corrected chi connectivity index (χ4v) is 2.69. The molecule has 0 amide bonds. The average molecular weight is 392 g/mol. The highest BCUT2D eigenvalue weighted by atomic mass is 32.1. The van der Waals surface area contributed by atoms with Gasteiger partial charge in [0.15, 0.2) is 11.4 Å². The van der Waals surface area contributed by atoms with Crippen molar-refractivity contribution < 1.29 is 0 Å². The normalized spacial score (nSPS) is 17.6. The summed E-state index contributed by atoms with van der Waals surface area (Å²) in [5, 5.41) is 7.68. The van der Waals surface area contributed by atoms with Gasteiger partial charge < -0.3 is 20.1 Å². The smallest absolute Gasteiger partial charge is 0.184 e. The number of aliphatic imine (C=N–C) groups is 1. The maximum atomic E-state index is 5.43. The minimum Gasteiger partial charge on any atom is -0.375 e. The maximum Gasteiger partial charge on any atom is 0.184 e. The standard InChI is InChI=1S/C17H29N9S/c1-12(2)21-17-22-13(9-20-23-16(18)27)8-14(15-10-19-11-25(15)5)26(17)7-6-24(3)4/h8-12,17,21H,6-7H2,1-5H3,(H3,18,23,27). The lowest BCUT2D eigenvalue weighted by molar-refractivity contribution is 0.218. The van der Waals surface area contributed by atoms with E-state index in [0.717, 1.165) is 24.5 Å². The second-order valence-corrected chi connectivity index (χ2v) is 7.34. The summed E-state index contributed by atoms with van der Waals surface area (Å²) >= 11 is 4.79. The molecular formula is C17H29N9S. The van der Waals surface area contributed by atoms with E-state index in [1.165, 1.54) is 0 Å². The van der Waals surface area contributed by atoms with Crippen molar-refractivity contribution in [3.63, 3.8) is 0 Å². The van der Waals surface area contributed by atoms with Crippen LogP contribution >= 0.6 is 12.2 Å². The lowest BCUT2D eigenvalue weighted by atomic mass is 10.1. The molecule has 1 unspecified atom stereocenters. The van der Waals surface area contributed by atoms with Crippen LogP contribution in [0.2, 0.25) is 0 Å². The number of nitrogens with one attached hydrogen (secondary N) is 2. The van der Waals surface area contributed by atoms with Gasteiger partial charge in [0.25, 0.3) is 0 Å². The summed E-state index contributed by atoms with van der Waals surface area (Å²) in [6.07, 6.45) is 7.04. The third-order valence-corrected chi connectivity index (χ3v) is 3.97. The monoisotopic (exact) mass is 391 g/mol. The fourth-order valence-electron chi connectivity index (χ4n) is 2.64. The van der Waals surface area contributed by atoms with Gasteiger partial charge in [-0.15, -0.1) is 0 Å². The second kappa shape index (κ2) is 9.58. The van der Waals surface area contributed by atoms with E-state index in [4.69, 9.17) is 22.9 Å². The molecule has 1 aliphatic heterocycles. The van der Waals surface area contributed by atoms with Crippen molar-refractivity contribution in [1.29, 1.82) is 0 Å². The largest absolute Gasteiger partial charge is 0.375 e. The Bertz CT molecular complexity index is 733. The number of aryl methyl sites for hydroxylation is 1. The van der Waals surface area contributed by atoms with E-state index in [-0.39, 0.29) is 17.4 Å². The quantitative estimate of drug-likeness (QED) is 0.330. The highest BCUT2D eigenvalue weighted by Gasteiger charge is 2.27. The van der Waals surface area contributed by atoms with E-state index in [1.807, 2.05) is 23.9 Å². The highest BCUT2D eigenvalue weighted by Crippen LogP contribution is 2.24. The molecule has 10 heteroatoms. The Labute approximate surface area is 166 Å². The number of nitrogens with two attached hydrogens (primary N) is 1. The van der Waals surface area contributed by atoms with Crippen LogP contribution in [0.15, 0.2) is 28.7 Å². The number of allylic oxidation sites excluding steroid dienone is 1. The highest BCUT2D eigenvalue weighted by molar-refractivity contribution is 7.80. The Morgan fingerprint density at radius 2 is 2.22 bits per heavy atom. The first-order valence-corrected chi connectivity index (χ1v) is 9.21. The van der Waals surface area contributed by atoms with Crippen molar-refractivity contribution >= 4 is 35.0 Å². The summed E-state index contributed by atoms with van der Waals surface area (Å²) < 4.78 is 1.99. The Morgan fingerprint density at radius 3 is 2.78 bits per heavy atom. The summed E-state index contributed by atoms with van der Waals surface area (Å²) in [5.41, 5.74) is 10.8. The predicted octanol–water partition coefficient (Wildman–Crippen LogP) is 0.180. The number of aromatic nitrogens is 2. The molecule has 0 radical (unpaired) electrons. The third-order valence-electron chi connectivity index (χ3n) is 3.88. The van der Waals surface area contributed by atoms with E-state index in [0.29, 0.717) is 5.71 Å². The Morgan fingerprint density at radius 1 is 1.48 bits per heavy atom. The molecule has 2 rings (SSSR count). The van der Waals surface area contributed by atoms with Crippen LogP contribution in [0.4, 0.5) is 0 Å². The zero-order valence-electron chi connectivity index (χ0n) is 16.5. The van der Waals surface area contributed by atoms with Gasteiger partial charge in [-0.25, -0.2) is 9.98 Å². The molecule has 1 aliphatic rings. The number of hydrogen-bond acceptors (Lipinski definition) is 7. The molecule has 148 valence electrons. The van der Waals surface area contributed by atoms with Crippen molar-refractivity contribution in [3.8, 4) is 0 Å². The molecule has 0 aromatic carbocycles. The fraction of sp³-hybridized carbons (Fsp3) is 0.529. The molecule has 4 N–H and O–H groups in total. The molecule has 0 bridgehead atoms. The van der Waals surface area contributed by atoms with E-state index in [9.17, 15) is 0 Å². The topological polar surface area (TPSA) is 99.1 Å². The number of imidazole rings is 1. The first-order chi connectivity index (χ1) is 12.8. The molecular weight excluding hydrogens is 362 g/mol. The molecule has 0 spiro atoms. The van der Waals surface area contributed by atoms with Gasteiger partial charge in [-0.3, -0.25) is 10.7 Å². The van der Waals surface area contributed by atoms with Crippen LogP contribution < -0.4 is 16.5 Å². The minimum absolute atomic E-state index is 0.114. The molecule has 0 aliphatic carbocycles. The zero-order chi connectivity index (χ0) is 20.0. The van der Waals surface area contributed by atoms with E-state index in [1.54, 1.807) is 12.5 Å². The van der Waals surface area contributed by atoms with Crippen LogP contribution in [0.5, 0.6) is 0 Å². The molecule has 1 aromatic rings. The summed E-state index contributed by atoms with van der Waals surface area (Å²) in [6.45, 7) is 5.91. The van der Waals surface area contributed by atoms with E-state index >= 15 is 0 Å². The van der Waals surface area contributed by atoms with E-state index in [2.05, 4.69) is 58.6 Å². The Hall–Kier alpha value is -2.30. The summed E-state index contributed by atoms with van der Waals surface area (Å²) in [4.78, 5) is 13.5. The number of rotatable bonds is 8. The summed E-state index contributed by atoms with van der Waals surface area (Å²) in [7, 11) is 6.10. The molecule has 27 heavy (non-hydrogen) atoms. The number of hydrazone groups is 1. The maximum absolute atomic E-state index is 5.43. The second-order valence-electron chi connectivity index (χ2n) is 6.90.